The van der Waals surface area contributed by atoms with E-state index in [4.69, 9.17) is 9.15 Å². The number of aryl methyl sites for hydroxylation is 2. The van der Waals surface area contributed by atoms with E-state index in [1.54, 1.807) is 28.9 Å². The lowest BCUT2D eigenvalue weighted by Gasteiger charge is -2.35. The summed E-state index contributed by atoms with van der Waals surface area (Å²) in [6, 6.07) is 9.48. The molecule has 2 aliphatic rings. The van der Waals surface area contributed by atoms with Crippen LogP contribution in [0.3, 0.4) is 0 Å². The normalized spacial score (nSPS) is 17.5. The maximum Gasteiger partial charge on any atom is 0.289 e. The van der Waals surface area contributed by atoms with Crippen LogP contribution in [0.15, 0.2) is 41.0 Å². The average Bonchev–Trinajstić information content (AvgIpc) is 3.38. The second-order valence-corrected chi connectivity index (χ2v) is 7.14. The van der Waals surface area contributed by atoms with Crippen LogP contribution >= 0.6 is 0 Å². The van der Waals surface area contributed by atoms with Crippen molar-refractivity contribution in [2.75, 3.05) is 26.2 Å². The number of nitrogens with zero attached hydrogens (tertiary/aromatic N) is 2. The molecule has 1 aliphatic carbocycles. The number of amides is 2. The van der Waals surface area contributed by atoms with Gasteiger partial charge in [0.05, 0.1) is 6.26 Å². The van der Waals surface area contributed by atoms with Crippen molar-refractivity contribution in [1.82, 2.24) is 9.80 Å². The van der Waals surface area contributed by atoms with Crippen LogP contribution in [0.25, 0.3) is 0 Å². The highest BCUT2D eigenvalue weighted by Crippen LogP contribution is 2.26. The zero-order valence-corrected chi connectivity index (χ0v) is 15.5. The zero-order valence-electron chi connectivity index (χ0n) is 15.5. The Hall–Kier alpha value is -2.76. The molecule has 0 N–H and O–H groups in total. The molecule has 142 valence electrons. The standard InChI is InChI=1S/C21H24N2O4/c1-15(27-18-8-7-16-4-2-5-17(16)14-18)20(24)22-9-11-23(12-10-22)21(25)19-6-3-13-26-19/h3,6-8,13-15H,2,4-5,9-12H2,1H3. The van der Waals surface area contributed by atoms with Gasteiger partial charge in [-0.25, -0.2) is 0 Å². The number of carbonyl (C=O) groups excluding carboxylic acids is 2. The first kappa shape index (κ1) is 17.6. The third-order valence-corrected chi connectivity index (χ3v) is 5.34. The van der Waals surface area contributed by atoms with Crippen molar-refractivity contribution in [1.29, 1.82) is 0 Å². The number of furan rings is 1. The minimum Gasteiger partial charge on any atom is -0.481 e. The maximum absolute atomic E-state index is 12.7. The van der Waals surface area contributed by atoms with Crippen LogP contribution in [0.5, 0.6) is 5.75 Å². The molecule has 27 heavy (non-hydrogen) atoms. The first-order valence-corrected chi connectivity index (χ1v) is 9.52. The average molecular weight is 368 g/mol. The Morgan fingerprint density at radius 1 is 1.04 bits per heavy atom. The number of carbonyl (C=O) groups is 2. The zero-order chi connectivity index (χ0) is 18.8. The molecule has 2 amide bonds. The molecule has 6 heteroatoms. The molecule has 6 nitrogen and oxygen atoms in total. The lowest BCUT2D eigenvalue weighted by molar-refractivity contribution is -0.139. The van der Waals surface area contributed by atoms with E-state index in [0.717, 1.165) is 18.6 Å². The Labute approximate surface area is 158 Å². The van der Waals surface area contributed by atoms with Gasteiger partial charge in [-0.2, -0.15) is 0 Å². The van der Waals surface area contributed by atoms with Gasteiger partial charge in [0.25, 0.3) is 11.8 Å². The van der Waals surface area contributed by atoms with E-state index >= 15 is 0 Å². The molecule has 4 rings (SSSR count). The van der Waals surface area contributed by atoms with Gasteiger partial charge in [0.1, 0.15) is 5.75 Å². The Bertz CT molecular complexity index is 823. The van der Waals surface area contributed by atoms with E-state index in [-0.39, 0.29) is 11.8 Å². The molecule has 1 atom stereocenters. The Kier molecular flexibility index (Phi) is 4.88. The molecule has 1 aromatic heterocycles. The summed E-state index contributed by atoms with van der Waals surface area (Å²) in [6.07, 6.45) is 4.35. The van der Waals surface area contributed by atoms with Gasteiger partial charge in [0.2, 0.25) is 0 Å². The minimum atomic E-state index is -0.545. The van der Waals surface area contributed by atoms with Gasteiger partial charge in [-0.15, -0.1) is 0 Å². The molecule has 2 heterocycles. The highest BCUT2D eigenvalue weighted by atomic mass is 16.5. The van der Waals surface area contributed by atoms with E-state index in [1.807, 2.05) is 6.07 Å². The molecule has 1 aliphatic heterocycles. The number of hydrogen-bond donors (Lipinski definition) is 0. The van der Waals surface area contributed by atoms with Crippen LogP contribution < -0.4 is 4.74 Å². The monoisotopic (exact) mass is 368 g/mol. The molecule has 1 saturated heterocycles. The summed E-state index contributed by atoms with van der Waals surface area (Å²) in [7, 11) is 0. The molecule has 2 aromatic rings. The number of fused-ring (bicyclic) bond motifs is 1. The van der Waals surface area contributed by atoms with E-state index in [9.17, 15) is 9.59 Å². The van der Waals surface area contributed by atoms with Crippen LogP contribution in [0.1, 0.15) is 35.0 Å². The van der Waals surface area contributed by atoms with Crippen LogP contribution in [0.4, 0.5) is 0 Å². The van der Waals surface area contributed by atoms with E-state index in [0.29, 0.717) is 31.9 Å². The molecular formula is C21H24N2O4. The number of ether oxygens (including phenoxy) is 1. The molecule has 0 bridgehead atoms. The SMILES string of the molecule is CC(Oc1ccc2c(c1)CCC2)C(=O)N1CCN(C(=O)c2ccco2)CC1. The third-order valence-electron chi connectivity index (χ3n) is 5.34. The topological polar surface area (TPSA) is 63.0 Å². The quantitative estimate of drug-likeness (QED) is 0.832. The number of rotatable bonds is 4. The van der Waals surface area contributed by atoms with Gasteiger partial charge >= 0.3 is 0 Å². The van der Waals surface area contributed by atoms with Gasteiger partial charge in [0, 0.05) is 26.2 Å². The highest BCUT2D eigenvalue weighted by Gasteiger charge is 2.29. The van der Waals surface area contributed by atoms with Gasteiger partial charge in [-0.3, -0.25) is 9.59 Å². The molecule has 0 spiro atoms. The van der Waals surface area contributed by atoms with Crippen molar-refractivity contribution in [3.8, 4) is 5.75 Å². The van der Waals surface area contributed by atoms with Crippen molar-refractivity contribution in [3.63, 3.8) is 0 Å². The van der Waals surface area contributed by atoms with Gasteiger partial charge in [0.15, 0.2) is 11.9 Å². The largest absolute Gasteiger partial charge is 0.481 e. The fourth-order valence-electron chi connectivity index (χ4n) is 3.82. The predicted molar refractivity (Wildman–Crippen MR) is 99.7 cm³/mol. The molecular weight excluding hydrogens is 344 g/mol. The van der Waals surface area contributed by atoms with E-state index in [1.165, 1.54) is 23.8 Å². The number of hydrogen-bond acceptors (Lipinski definition) is 4. The summed E-state index contributed by atoms with van der Waals surface area (Å²) >= 11 is 0. The predicted octanol–water partition coefficient (Wildman–Crippen LogP) is 2.52. The van der Waals surface area contributed by atoms with Crippen molar-refractivity contribution in [2.45, 2.75) is 32.3 Å². The third kappa shape index (κ3) is 3.70. The van der Waals surface area contributed by atoms with Crippen LogP contribution in [0.2, 0.25) is 0 Å². The second-order valence-electron chi connectivity index (χ2n) is 7.14. The fraction of sp³-hybridized carbons (Fsp3) is 0.429. The first-order valence-electron chi connectivity index (χ1n) is 9.52. The van der Waals surface area contributed by atoms with E-state index < -0.39 is 6.10 Å². The van der Waals surface area contributed by atoms with Gasteiger partial charge in [-0.1, -0.05) is 6.07 Å². The minimum absolute atomic E-state index is 0.0411. The second kappa shape index (κ2) is 7.47. The number of piperazine rings is 1. The van der Waals surface area contributed by atoms with Crippen LogP contribution in [0, 0.1) is 0 Å². The van der Waals surface area contributed by atoms with E-state index in [2.05, 4.69) is 12.1 Å². The smallest absolute Gasteiger partial charge is 0.289 e. The molecule has 1 aromatic carbocycles. The van der Waals surface area contributed by atoms with Gasteiger partial charge < -0.3 is 19.0 Å². The summed E-state index contributed by atoms with van der Waals surface area (Å²) in [5, 5.41) is 0. The van der Waals surface area contributed by atoms with Gasteiger partial charge in [-0.05, 0) is 61.6 Å². The van der Waals surface area contributed by atoms with Crippen molar-refractivity contribution in [3.05, 3.63) is 53.5 Å². The molecule has 0 saturated carbocycles. The Balaban J connectivity index is 1.31. The maximum atomic E-state index is 12.7. The Morgan fingerprint density at radius 2 is 1.78 bits per heavy atom. The van der Waals surface area contributed by atoms with Crippen molar-refractivity contribution < 1.29 is 18.7 Å². The summed E-state index contributed by atoms with van der Waals surface area (Å²) in [4.78, 5) is 28.5. The lowest BCUT2D eigenvalue weighted by Crippen LogP contribution is -2.53. The first-order chi connectivity index (χ1) is 13.1. The summed E-state index contributed by atoms with van der Waals surface area (Å²) in [5.74, 6) is 0.918. The van der Waals surface area contributed by atoms with Crippen molar-refractivity contribution >= 4 is 11.8 Å². The molecule has 0 radical (unpaired) electrons. The van der Waals surface area contributed by atoms with Crippen LogP contribution in [-0.4, -0.2) is 53.9 Å². The molecule has 1 unspecified atom stereocenters. The summed E-state index contributed by atoms with van der Waals surface area (Å²) in [5.41, 5.74) is 2.72. The number of benzene rings is 1. The van der Waals surface area contributed by atoms with Crippen LogP contribution in [-0.2, 0) is 17.6 Å². The fourth-order valence-corrected chi connectivity index (χ4v) is 3.82. The summed E-state index contributed by atoms with van der Waals surface area (Å²) < 4.78 is 11.1. The Morgan fingerprint density at radius 3 is 2.52 bits per heavy atom. The summed E-state index contributed by atoms with van der Waals surface area (Å²) in [6.45, 7) is 3.79. The highest BCUT2D eigenvalue weighted by molar-refractivity contribution is 5.91. The van der Waals surface area contributed by atoms with Crippen molar-refractivity contribution in [2.24, 2.45) is 0 Å². The lowest BCUT2D eigenvalue weighted by atomic mass is 10.1. The molecule has 1 fully saturated rings.